The zero-order valence-corrected chi connectivity index (χ0v) is 14.9. The summed E-state index contributed by atoms with van der Waals surface area (Å²) in [5.41, 5.74) is 2.38. The SMILES string of the molecule is CC1=CC=CC(=O)/C1=N\c1nc(O)c(-c2c(O)n(C)c3ccccc23)s1. The molecule has 26 heavy (non-hydrogen) atoms. The van der Waals surface area contributed by atoms with Gasteiger partial charge in [-0.15, -0.1) is 0 Å². The topological polar surface area (TPSA) is 87.7 Å². The van der Waals surface area contributed by atoms with Crippen LogP contribution in [0.4, 0.5) is 5.13 Å². The number of rotatable bonds is 2. The molecule has 2 N–H and O–H groups in total. The molecule has 0 radical (unpaired) electrons. The van der Waals surface area contributed by atoms with Gasteiger partial charge in [-0.1, -0.05) is 41.7 Å². The Kier molecular flexibility index (Phi) is 3.73. The zero-order valence-electron chi connectivity index (χ0n) is 14.1. The van der Waals surface area contributed by atoms with Crippen LogP contribution in [0.15, 0.2) is 53.1 Å². The first kappa shape index (κ1) is 16.3. The molecule has 0 spiro atoms. The lowest BCUT2D eigenvalue weighted by Gasteiger charge is -2.04. The first-order valence-corrected chi connectivity index (χ1v) is 8.74. The molecule has 0 bridgehead atoms. The third kappa shape index (κ3) is 2.44. The van der Waals surface area contributed by atoms with Crippen LogP contribution in [0, 0.1) is 0 Å². The van der Waals surface area contributed by atoms with Crippen LogP contribution in [-0.4, -0.2) is 31.3 Å². The summed E-state index contributed by atoms with van der Waals surface area (Å²) >= 11 is 1.13. The number of para-hydroxylation sites is 1. The minimum absolute atomic E-state index is 0.0390. The maximum Gasteiger partial charge on any atom is 0.232 e. The highest BCUT2D eigenvalue weighted by atomic mass is 32.1. The van der Waals surface area contributed by atoms with Crippen molar-refractivity contribution in [2.75, 3.05) is 0 Å². The number of hydrogen-bond donors (Lipinski definition) is 2. The Balaban J connectivity index is 1.87. The lowest BCUT2D eigenvalue weighted by molar-refractivity contribution is -0.108. The van der Waals surface area contributed by atoms with Crippen molar-refractivity contribution in [2.45, 2.75) is 6.92 Å². The Labute approximate surface area is 153 Å². The maximum atomic E-state index is 12.0. The minimum Gasteiger partial charge on any atom is -0.494 e. The lowest BCUT2D eigenvalue weighted by atomic mass is 10.0. The number of aryl methyl sites for hydroxylation is 1. The fraction of sp³-hybridized carbons (Fsp3) is 0.105. The van der Waals surface area contributed by atoms with E-state index in [1.807, 2.05) is 24.3 Å². The molecule has 2 heterocycles. The summed E-state index contributed by atoms with van der Waals surface area (Å²) in [6.07, 6.45) is 4.91. The van der Waals surface area contributed by atoms with Crippen molar-refractivity contribution in [1.82, 2.24) is 9.55 Å². The zero-order chi connectivity index (χ0) is 18.4. The minimum atomic E-state index is -0.221. The summed E-state index contributed by atoms with van der Waals surface area (Å²) < 4.78 is 1.65. The maximum absolute atomic E-state index is 12.0. The highest BCUT2D eigenvalue weighted by molar-refractivity contribution is 7.19. The molecule has 0 atom stereocenters. The monoisotopic (exact) mass is 365 g/mol. The Morgan fingerprint density at radius 2 is 2.00 bits per heavy atom. The van der Waals surface area contributed by atoms with Crippen molar-refractivity contribution in [3.8, 4) is 22.2 Å². The molecule has 0 aliphatic heterocycles. The number of benzene rings is 1. The van der Waals surface area contributed by atoms with Crippen LogP contribution in [0.1, 0.15) is 6.92 Å². The molecule has 0 amide bonds. The molecule has 4 rings (SSSR count). The number of ketones is 1. The average Bonchev–Trinajstić information content (AvgIpc) is 3.09. The summed E-state index contributed by atoms with van der Waals surface area (Å²) in [7, 11) is 1.75. The number of carbonyl (C=O) groups excluding carboxylic acids is 1. The average molecular weight is 365 g/mol. The highest BCUT2D eigenvalue weighted by Crippen LogP contribution is 2.47. The summed E-state index contributed by atoms with van der Waals surface area (Å²) in [5.74, 6) is -0.382. The molecular formula is C19H15N3O3S. The molecule has 1 aromatic carbocycles. The number of aliphatic imine (C=N–C) groups is 1. The Bertz CT molecular complexity index is 1150. The number of allylic oxidation sites excluding steroid dienone is 4. The van der Waals surface area contributed by atoms with Crippen molar-refractivity contribution in [2.24, 2.45) is 12.0 Å². The number of nitrogens with zero attached hydrogens (tertiary/aromatic N) is 3. The highest BCUT2D eigenvalue weighted by Gasteiger charge is 2.23. The van der Waals surface area contributed by atoms with E-state index in [0.29, 0.717) is 16.2 Å². The Morgan fingerprint density at radius 3 is 2.77 bits per heavy atom. The van der Waals surface area contributed by atoms with E-state index in [4.69, 9.17) is 0 Å². The fourth-order valence-electron chi connectivity index (χ4n) is 2.99. The smallest absolute Gasteiger partial charge is 0.232 e. The van der Waals surface area contributed by atoms with Gasteiger partial charge in [0.25, 0.3) is 0 Å². The fourth-order valence-corrected chi connectivity index (χ4v) is 3.88. The molecule has 0 unspecified atom stereocenters. The predicted molar refractivity (Wildman–Crippen MR) is 102 cm³/mol. The van der Waals surface area contributed by atoms with E-state index in [2.05, 4.69) is 9.98 Å². The third-order valence-corrected chi connectivity index (χ3v) is 5.27. The molecule has 6 nitrogen and oxygen atoms in total. The van der Waals surface area contributed by atoms with Gasteiger partial charge in [0.05, 0.1) is 11.1 Å². The summed E-state index contributed by atoms with van der Waals surface area (Å²) in [6.45, 7) is 1.80. The second-order valence-electron chi connectivity index (χ2n) is 5.96. The Morgan fingerprint density at radius 1 is 1.23 bits per heavy atom. The van der Waals surface area contributed by atoms with E-state index in [0.717, 1.165) is 27.8 Å². The number of hydrogen-bond acceptors (Lipinski definition) is 6. The van der Waals surface area contributed by atoms with Crippen LogP contribution >= 0.6 is 11.3 Å². The van der Waals surface area contributed by atoms with E-state index < -0.39 is 0 Å². The van der Waals surface area contributed by atoms with E-state index >= 15 is 0 Å². The third-order valence-electron chi connectivity index (χ3n) is 4.31. The molecule has 7 heteroatoms. The van der Waals surface area contributed by atoms with Gasteiger partial charge in [0, 0.05) is 12.4 Å². The standard InChI is InChI=1S/C19H15N3O3S/c1-10-6-5-9-13(23)15(10)20-19-21-17(24)16(26-19)14-11-7-3-4-8-12(11)22(2)18(14)25/h3-9,24-25H,1-2H3/b20-15-. The van der Waals surface area contributed by atoms with Crippen LogP contribution in [0.3, 0.4) is 0 Å². The van der Waals surface area contributed by atoms with Gasteiger partial charge in [0.2, 0.25) is 22.7 Å². The molecule has 130 valence electrons. The molecule has 1 aliphatic carbocycles. The van der Waals surface area contributed by atoms with Gasteiger partial charge in [0.1, 0.15) is 10.6 Å². The van der Waals surface area contributed by atoms with Crippen LogP contribution in [0.2, 0.25) is 0 Å². The van der Waals surface area contributed by atoms with Crippen LogP contribution in [0.5, 0.6) is 11.8 Å². The number of fused-ring (bicyclic) bond motifs is 1. The van der Waals surface area contributed by atoms with Crippen LogP contribution in [-0.2, 0) is 11.8 Å². The van der Waals surface area contributed by atoms with Crippen molar-refractivity contribution in [1.29, 1.82) is 0 Å². The number of aromatic nitrogens is 2. The van der Waals surface area contributed by atoms with Crippen LogP contribution in [0.25, 0.3) is 21.3 Å². The van der Waals surface area contributed by atoms with Crippen molar-refractivity contribution in [3.63, 3.8) is 0 Å². The van der Waals surface area contributed by atoms with E-state index in [1.165, 1.54) is 6.08 Å². The first-order chi connectivity index (χ1) is 12.5. The molecule has 0 fully saturated rings. The molecule has 0 saturated carbocycles. The second kappa shape index (κ2) is 5.96. The van der Waals surface area contributed by atoms with Crippen molar-refractivity contribution in [3.05, 3.63) is 48.1 Å². The van der Waals surface area contributed by atoms with Gasteiger partial charge in [-0.2, -0.15) is 4.98 Å². The Hall–Kier alpha value is -3.19. The van der Waals surface area contributed by atoms with Crippen LogP contribution < -0.4 is 0 Å². The van der Waals surface area contributed by atoms with Gasteiger partial charge in [-0.3, -0.25) is 4.79 Å². The van der Waals surface area contributed by atoms with E-state index in [1.54, 1.807) is 30.7 Å². The van der Waals surface area contributed by atoms with Gasteiger partial charge in [-0.05, 0) is 24.6 Å². The van der Waals surface area contributed by atoms with Gasteiger partial charge in [-0.25, -0.2) is 4.99 Å². The molecule has 0 saturated heterocycles. The molecule has 2 aromatic heterocycles. The quantitative estimate of drug-likeness (QED) is 0.675. The predicted octanol–water partition coefficient (Wildman–Crippen LogP) is 3.87. The summed E-state index contributed by atoms with van der Waals surface area (Å²) in [5, 5.41) is 21.9. The normalized spacial score (nSPS) is 15.8. The molecule has 3 aromatic rings. The molecular weight excluding hydrogens is 350 g/mol. The summed E-state index contributed by atoms with van der Waals surface area (Å²) in [4.78, 5) is 20.8. The van der Waals surface area contributed by atoms with Gasteiger partial charge in [0.15, 0.2) is 0 Å². The van der Waals surface area contributed by atoms with Gasteiger partial charge < -0.3 is 14.8 Å². The summed E-state index contributed by atoms with van der Waals surface area (Å²) in [6, 6.07) is 7.51. The van der Waals surface area contributed by atoms with Gasteiger partial charge >= 0.3 is 0 Å². The second-order valence-corrected chi connectivity index (χ2v) is 6.93. The van der Waals surface area contributed by atoms with E-state index in [9.17, 15) is 15.0 Å². The number of carbonyl (C=O) groups is 1. The lowest BCUT2D eigenvalue weighted by Crippen LogP contribution is -2.14. The van der Waals surface area contributed by atoms with Crippen molar-refractivity contribution >= 4 is 38.9 Å². The molecule has 1 aliphatic rings. The number of aromatic hydroxyl groups is 2. The largest absolute Gasteiger partial charge is 0.494 e. The first-order valence-electron chi connectivity index (χ1n) is 7.92. The van der Waals surface area contributed by atoms with Crippen molar-refractivity contribution < 1.29 is 15.0 Å². The number of thiazole rings is 1. The van der Waals surface area contributed by atoms with E-state index in [-0.39, 0.29) is 22.7 Å².